The number of thiol groups is 1. The maximum Gasteiger partial charge on any atom is 0.247 e. The number of benzene rings is 1. The van der Waals surface area contributed by atoms with Crippen LogP contribution in [0, 0.1) is 13.8 Å². The minimum absolute atomic E-state index is 0.173. The van der Waals surface area contributed by atoms with E-state index in [9.17, 15) is 9.59 Å². The summed E-state index contributed by atoms with van der Waals surface area (Å²) in [6.07, 6.45) is 0.189. The third-order valence-electron chi connectivity index (χ3n) is 2.87. The molecule has 1 aromatic carbocycles. The molecule has 16 heavy (non-hydrogen) atoms. The lowest BCUT2D eigenvalue weighted by Gasteiger charge is -2.15. The molecule has 1 aliphatic rings. The number of nitrogens with zero attached hydrogens (tertiary/aromatic N) is 1. The highest BCUT2D eigenvalue weighted by Crippen LogP contribution is 2.26. The molecule has 4 heteroatoms. The molecule has 1 heterocycles. The lowest BCUT2D eigenvalue weighted by molar-refractivity contribution is -0.121. The van der Waals surface area contributed by atoms with Crippen LogP contribution in [0.1, 0.15) is 17.5 Å². The minimum Gasteiger partial charge on any atom is -0.274 e. The number of rotatable bonds is 1. The van der Waals surface area contributed by atoms with Gasteiger partial charge >= 0.3 is 0 Å². The smallest absolute Gasteiger partial charge is 0.247 e. The van der Waals surface area contributed by atoms with Crippen LogP contribution in [0.15, 0.2) is 18.2 Å². The second-order valence-electron chi connectivity index (χ2n) is 4.06. The van der Waals surface area contributed by atoms with Crippen LogP contribution in [0.4, 0.5) is 5.69 Å². The van der Waals surface area contributed by atoms with E-state index >= 15 is 0 Å². The van der Waals surface area contributed by atoms with E-state index in [1.807, 2.05) is 26.0 Å². The van der Waals surface area contributed by atoms with Crippen molar-refractivity contribution in [2.24, 2.45) is 0 Å². The molecule has 1 atom stereocenters. The van der Waals surface area contributed by atoms with E-state index in [2.05, 4.69) is 12.6 Å². The Morgan fingerprint density at radius 2 is 1.94 bits per heavy atom. The van der Waals surface area contributed by atoms with Gasteiger partial charge in [-0.1, -0.05) is 6.07 Å². The molecule has 1 saturated heterocycles. The first-order valence-electron chi connectivity index (χ1n) is 5.13. The first kappa shape index (κ1) is 11.2. The van der Waals surface area contributed by atoms with E-state index in [1.54, 1.807) is 6.07 Å². The Kier molecular flexibility index (Phi) is 2.76. The number of anilines is 1. The van der Waals surface area contributed by atoms with Crippen LogP contribution in [0.3, 0.4) is 0 Å². The molecule has 0 N–H and O–H groups in total. The summed E-state index contributed by atoms with van der Waals surface area (Å²) in [7, 11) is 0. The van der Waals surface area contributed by atoms with E-state index < -0.39 is 5.25 Å². The second-order valence-corrected chi connectivity index (χ2v) is 4.68. The Bertz CT molecular complexity index is 470. The Morgan fingerprint density at radius 1 is 1.25 bits per heavy atom. The SMILES string of the molecule is Cc1ccc(N2C(=O)CC(S)C2=O)cc1C. The van der Waals surface area contributed by atoms with Gasteiger partial charge in [0.25, 0.3) is 0 Å². The van der Waals surface area contributed by atoms with Crippen molar-refractivity contribution in [3.63, 3.8) is 0 Å². The first-order chi connectivity index (χ1) is 7.50. The maximum atomic E-state index is 11.7. The number of amides is 2. The summed E-state index contributed by atoms with van der Waals surface area (Å²) in [5.41, 5.74) is 2.86. The van der Waals surface area contributed by atoms with Crippen molar-refractivity contribution in [1.82, 2.24) is 0 Å². The van der Waals surface area contributed by atoms with Crippen LogP contribution >= 0.6 is 12.6 Å². The van der Waals surface area contributed by atoms with E-state index in [-0.39, 0.29) is 18.2 Å². The molecule has 1 unspecified atom stereocenters. The second kappa shape index (κ2) is 3.94. The normalized spacial score (nSPS) is 20.7. The predicted molar refractivity (Wildman–Crippen MR) is 65.8 cm³/mol. The summed E-state index contributed by atoms with van der Waals surface area (Å²) in [5, 5.41) is -0.492. The molecule has 0 saturated carbocycles. The first-order valence-corrected chi connectivity index (χ1v) is 5.64. The van der Waals surface area contributed by atoms with Gasteiger partial charge in [-0.3, -0.25) is 9.59 Å². The van der Waals surface area contributed by atoms with Crippen LogP contribution in [0.2, 0.25) is 0 Å². The lowest BCUT2D eigenvalue weighted by Crippen LogP contribution is -2.30. The topological polar surface area (TPSA) is 37.4 Å². The zero-order valence-corrected chi connectivity index (χ0v) is 10.1. The molecule has 2 amide bonds. The third kappa shape index (κ3) is 1.73. The summed E-state index contributed by atoms with van der Waals surface area (Å²) < 4.78 is 0. The molecule has 1 aliphatic heterocycles. The van der Waals surface area contributed by atoms with Crippen LogP contribution in [-0.2, 0) is 9.59 Å². The van der Waals surface area contributed by atoms with Crippen molar-refractivity contribution >= 4 is 30.1 Å². The van der Waals surface area contributed by atoms with Gasteiger partial charge in [-0.15, -0.1) is 0 Å². The fraction of sp³-hybridized carbons (Fsp3) is 0.333. The highest BCUT2D eigenvalue weighted by Gasteiger charge is 2.37. The fourth-order valence-electron chi connectivity index (χ4n) is 1.75. The summed E-state index contributed by atoms with van der Waals surface area (Å²) in [6.45, 7) is 3.95. The molecule has 1 fully saturated rings. The summed E-state index contributed by atoms with van der Waals surface area (Å²) in [5.74, 6) is -0.398. The molecule has 0 aliphatic carbocycles. The molecular weight excluding hydrogens is 222 g/mol. The van der Waals surface area contributed by atoms with Crippen molar-refractivity contribution in [3.8, 4) is 0 Å². The summed E-state index contributed by atoms with van der Waals surface area (Å²) in [4.78, 5) is 24.6. The number of aryl methyl sites for hydroxylation is 2. The average molecular weight is 235 g/mol. The predicted octanol–water partition coefficient (Wildman–Crippen LogP) is 1.87. The zero-order valence-electron chi connectivity index (χ0n) is 9.23. The largest absolute Gasteiger partial charge is 0.274 e. The molecule has 0 bridgehead atoms. The quantitative estimate of drug-likeness (QED) is 0.596. The highest BCUT2D eigenvalue weighted by atomic mass is 32.1. The van der Waals surface area contributed by atoms with Gasteiger partial charge in [0.1, 0.15) is 0 Å². The number of carbonyl (C=O) groups excluding carboxylic acids is 2. The van der Waals surface area contributed by atoms with Crippen molar-refractivity contribution in [2.45, 2.75) is 25.5 Å². The molecule has 0 aromatic heterocycles. The molecule has 84 valence electrons. The van der Waals surface area contributed by atoms with Gasteiger partial charge in [-0.2, -0.15) is 12.6 Å². The number of imide groups is 1. The van der Waals surface area contributed by atoms with E-state index in [1.165, 1.54) is 4.90 Å². The van der Waals surface area contributed by atoms with Crippen molar-refractivity contribution in [2.75, 3.05) is 4.90 Å². The molecule has 0 spiro atoms. The van der Waals surface area contributed by atoms with Crippen LogP contribution in [0.5, 0.6) is 0 Å². The Labute approximate surface area is 99.9 Å². The van der Waals surface area contributed by atoms with Crippen LogP contribution in [-0.4, -0.2) is 17.1 Å². The molecule has 3 nitrogen and oxygen atoms in total. The Balaban J connectivity index is 2.41. The van der Waals surface area contributed by atoms with E-state index in [0.29, 0.717) is 5.69 Å². The number of hydrogen-bond acceptors (Lipinski definition) is 3. The van der Waals surface area contributed by atoms with Crippen molar-refractivity contribution in [1.29, 1.82) is 0 Å². The molecule has 2 rings (SSSR count). The van der Waals surface area contributed by atoms with Gasteiger partial charge in [0, 0.05) is 6.42 Å². The minimum atomic E-state index is -0.492. The summed E-state index contributed by atoms with van der Waals surface area (Å²) in [6, 6.07) is 5.57. The highest BCUT2D eigenvalue weighted by molar-refractivity contribution is 7.82. The van der Waals surface area contributed by atoms with Gasteiger partial charge in [-0.25, -0.2) is 4.90 Å². The van der Waals surface area contributed by atoms with E-state index in [0.717, 1.165) is 11.1 Å². The average Bonchev–Trinajstić information content (AvgIpc) is 2.47. The third-order valence-corrected chi connectivity index (χ3v) is 3.27. The van der Waals surface area contributed by atoms with Gasteiger partial charge in [-0.05, 0) is 37.1 Å². The van der Waals surface area contributed by atoms with Crippen LogP contribution < -0.4 is 4.90 Å². The monoisotopic (exact) mass is 235 g/mol. The van der Waals surface area contributed by atoms with Gasteiger partial charge in [0.2, 0.25) is 11.8 Å². The number of carbonyl (C=O) groups is 2. The maximum absolute atomic E-state index is 11.7. The lowest BCUT2D eigenvalue weighted by atomic mass is 10.1. The van der Waals surface area contributed by atoms with E-state index in [4.69, 9.17) is 0 Å². The Morgan fingerprint density at radius 3 is 2.44 bits per heavy atom. The van der Waals surface area contributed by atoms with Gasteiger partial charge in [0.15, 0.2) is 0 Å². The number of hydrogen-bond donors (Lipinski definition) is 1. The van der Waals surface area contributed by atoms with Crippen LogP contribution in [0.25, 0.3) is 0 Å². The zero-order chi connectivity index (χ0) is 11.9. The summed E-state index contributed by atoms with van der Waals surface area (Å²) >= 11 is 4.09. The van der Waals surface area contributed by atoms with Crippen molar-refractivity contribution in [3.05, 3.63) is 29.3 Å². The molecule has 1 aromatic rings. The standard InChI is InChI=1S/C12H13NO2S/c1-7-3-4-9(5-8(7)2)13-11(14)6-10(16)12(13)15/h3-5,10,16H,6H2,1-2H3. The Hall–Kier alpha value is -1.29. The van der Waals surface area contributed by atoms with Gasteiger partial charge in [0.05, 0.1) is 10.9 Å². The van der Waals surface area contributed by atoms with Crippen molar-refractivity contribution < 1.29 is 9.59 Å². The molecule has 0 radical (unpaired) electrons. The molecular formula is C12H13NO2S. The fourth-order valence-corrected chi connectivity index (χ4v) is 2.02. The van der Waals surface area contributed by atoms with Gasteiger partial charge < -0.3 is 0 Å².